The largest absolute Gasteiger partial charge is 0.383 e. The number of nitrogens with one attached hydrogen (secondary N) is 1. The average Bonchev–Trinajstić information content (AvgIpc) is 2.31. The van der Waals surface area contributed by atoms with Gasteiger partial charge in [0.15, 0.2) is 0 Å². The number of ether oxygens (including phenoxy) is 1. The number of carbonyl (C=O) groups is 1. The first-order valence-corrected chi connectivity index (χ1v) is 5.65. The van der Waals surface area contributed by atoms with Crippen molar-refractivity contribution in [2.75, 3.05) is 20.3 Å². The van der Waals surface area contributed by atoms with E-state index in [1.54, 1.807) is 7.11 Å². The molecule has 0 fully saturated rings. The predicted molar refractivity (Wildman–Crippen MR) is 68.1 cm³/mol. The SMILES string of the molecule is COCC(CN)NC(=O)c1cc(C)ccc1C. The fourth-order valence-corrected chi connectivity index (χ4v) is 1.61. The Kier molecular flexibility index (Phi) is 5.12. The summed E-state index contributed by atoms with van der Waals surface area (Å²) in [6.07, 6.45) is 0. The summed E-state index contributed by atoms with van der Waals surface area (Å²) in [6, 6.07) is 5.66. The lowest BCUT2D eigenvalue weighted by Gasteiger charge is -2.16. The second-order valence-electron chi connectivity index (χ2n) is 4.18. The van der Waals surface area contributed by atoms with Crippen LogP contribution >= 0.6 is 0 Å². The van der Waals surface area contributed by atoms with Crippen molar-refractivity contribution in [2.45, 2.75) is 19.9 Å². The lowest BCUT2D eigenvalue weighted by atomic mass is 10.0. The maximum absolute atomic E-state index is 12.0. The van der Waals surface area contributed by atoms with Crippen LogP contribution in [0.1, 0.15) is 21.5 Å². The first-order chi connectivity index (χ1) is 8.08. The number of benzene rings is 1. The molecular weight excluding hydrogens is 216 g/mol. The van der Waals surface area contributed by atoms with Crippen LogP contribution in [0.25, 0.3) is 0 Å². The molecule has 0 aliphatic rings. The van der Waals surface area contributed by atoms with Crippen LogP contribution in [0.2, 0.25) is 0 Å². The maximum Gasteiger partial charge on any atom is 0.251 e. The van der Waals surface area contributed by atoms with E-state index in [-0.39, 0.29) is 11.9 Å². The highest BCUT2D eigenvalue weighted by Gasteiger charge is 2.13. The van der Waals surface area contributed by atoms with Gasteiger partial charge in [-0.1, -0.05) is 17.7 Å². The lowest BCUT2D eigenvalue weighted by molar-refractivity contribution is 0.0900. The van der Waals surface area contributed by atoms with Gasteiger partial charge >= 0.3 is 0 Å². The van der Waals surface area contributed by atoms with E-state index in [9.17, 15) is 4.79 Å². The third-order valence-corrected chi connectivity index (χ3v) is 2.63. The van der Waals surface area contributed by atoms with Gasteiger partial charge < -0.3 is 15.8 Å². The molecule has 3 N–H and O–H groups in total. The number of carbonyl (C=O) groups excluding carboxylic acids is 1. The minimum Gasteiger partial charge on any atom is -0.383 e. The monoisotopic (exact) mass is 236 g/mol. The second-order valence-corrected chi connectivity index (χ2v) is 4.18. The Labute approximate surface area is 102 Å². The Morgan fingerprint density at radius 2 is 2.18 bits per heavy atom. The minimum absolute atomic E-state index is 0.0984. The average molecular weight is 236 g/mol. The molecule has 4 nitrogen and oxygen atoms in total. The van der Waals surface area contributed by atoms with Gasteiger partial charge in [0.25, 0.3) is 5.91 Å². The van der Waals surface area contributed by atoms with Gasteiger partial charge in [0.05, 0.1) is 12.6 Å². The van der Waals surface area contributed by atoms with Gasteiger partial charge in [-0.05, 0) is 25.5 Å². The Morgan fingerprint density at radius 3 is 2.76 bits per heavy atom. The maximum atomic E-state index is 12.0. The van der Waals surface area contributed by atoms with Crippen molar-refractivity contribution >= 4 is 5.91 Å². The molecular formula is C13H20N2O2. The molecule has 0 aliphatic carbocycles. The number of aryl methyl sites for hydroxylation is 2. The number of methoxy groups -OCH3 is 1. The highest BCUT2D eigenvalue weighted by Crippen LogP contribution is 2.10. The Hall–Kier alpha value is -1.39. The first-order valence-electron chi connectivity index (χ1n) is 5.65. The summed E-state index contributed by atoms with van der Waals surface area (Å²) in [5.41, 5.74) is 8.28. The molecule has 17 heavy (non-hydrogen) atoms. The van der Waals surface area contributed by atoms with Crippen LogP contribution in [0.3, 0.4) is 0 Å². The number of nitrogens with two attached hydrogens (primary N) is 1. The topological polar surface area (TPSA) is 64.3 Å². The molecule has 1 aromatic rings. The predicted octanol–water partition coefficient (Wildman–Crippen LogP) is 1.01. The van der Waals surface area contributed by atoms with Gasteiger partial charge in [0.2, 0.25) is 0 Å². The van der Waals surface area contributed by atoms with Crippen LogP contribution in [-0.4, -0.2) is 32.2 Å². The van der Waals surface area contributed by atoms with Gasteiger partial charge in [-0.2, -0.15) is 0 Å². The first kappa shape index (κ1) is 13.7. The summed E-state index contributed by atoms with van der Waals surface area (Å²) in [5, 5.41) is 2.86. The molecule has 1 aromatic carbocycles. The number of rotatable bonds is 5. The van der Waals surface area contributed by atoms with Gasteiger partial charge in [-0.3, -0.25) is 4.79 Å². The molecule has 0 saturated carbocycles. The van der Waals surface area contributed by atoms with Crippen LogP contribution in [0.5, 0.6) is 0 Å². The molecule has 0 heterocycles. The molecule has 0 aliphatic heterocycles. The third-order valence-electron chi connectivity index (χ3n) is 2.63. The van der Waals surface area contributed by atoms with E-state index in [0.717, 1.165) is 11.1 Å². The molecule has 0 aromatic heterocycles. The van der Waals surface area contributed by atoms with Crippen LogP contribution in [-0.2, 0) is 4.74 Å². The van der Waals surface area contributed by atoms with Crippen molar-refractivity contribution in [3.8, 4) is 0 Å². The summed E-state index contributed by atoms with van der Waals surface area (Å²) in [7, 11) is 1.59. The summed E-state index contributed by atoms with van der Waals surface area (Å²) in [5.74, 6) is -0.0984. The smallest absolute Gasteiger partial charge is 0.251 e. The van der Waals surface area contributed by atoms with Gasteiger partial charge in [0, 0.05) is 19.2 Å². The number of amides is 1. The zero-order valence-electron chi connectivity index (χ0n) is 10.6. The molecule has 1 atom stereocenters. The Bertz CT molecular complexity index is 391. The van der Waals surface area contributed by atoms with Crippen LogP contribution in [0, 0.1) is 13.8 Å². The Morgan fingerprint density at radius 1 is 1.47 bits per heavy atom. The van der Waals surface area contributed by atoms with Crippen molar-refractivity contribution < 1.29 is 9.53 Å². The molecule has 0 bridgehead atoms. The van der Waals surface area contributed by atoms with Crippen molar-refractivity contribution in [3.05, 3.63) is 34.9 Å². The Balaban J connectivity index is 2.78. The van der Waals surface area contributed by atoms with E-state index in [2.05, 4.69) is 5.32 Å². The molecule has 0 radical (unpaired) electrons. The highest BCUT2D eigenvalue weighted by molar-refractivity contribution is 5.96. The van der Waals surface area contributed by atoms with E-state index >= 15 is 0 Å². The molecule has 0 spiro atoms. The van der Waals surface area contributed by atoms with Crippen molar-refractivity contribution in [1.82, 2.24) is 5.32 Å². The van der Waals surface area contributed by atoms with E-state index in [1.165, 1.54) is 0 Å². The normalized spacial score (nSPS) is 12.2. The van der Waals surface area contributed by atoms with Crippen molar-refractivity contribution in [1.29, 1.82) is 0 Å². The third kappa shape index (κ3) is 3.84. The van der Waals surface area contributed by atoms with E-state index in [4.69, 9.17) is 10.5 Å². The van der Waals surface area contributed by atoms with Crippen LogP contribution in [0.15, 0.2) is 18.2 Å². The van der Waals surface area contributed by atoms with E-state index in [0.29, 0.717) is 18.7 Å². The zero-order chi connectivity index (χ0) is 12.8. The second kappa shape index (κ2) is 6.37. The summed E-state index contributed by atoms with van der Waals surface area (Å²) < 4.78 is 4.99. The van der Waals surface area contributed by atoms with Crippen molar-refractivity contribution in [2.24, 2.45) is 5.73 Å². The summed E-state index contributed by atoms with van der Waals surface area (Å²) in [6.45, 7) is 4.67. The summed E-state index contributed by atoms with van der Waals surface area (Å²) in [4.78, 5) is 12.0. The number of hydrogen-bond acceptors (Lipinski definition) is 3. The van der Waals surface area contributed by atoms with Crippen molar-refractivity contribution in [3.63, 3.8) is 0 Å². The molecule has 94 valence electrons. The summed E-state index contributed by atoms with van der Waals surface area (Å²) >= 11 is 0. The fraction of sp³-hybridized carbons (Fsp3) is 0.462. The van der Waals surface area contributed by atoms with Gasteiger partial charge in [-0.25, -0.2) is 0 Å². The molecule has 1 amide bonds. The number of hydrogen-bond donors (Lipinski definition) is 2. The van der Waals surface area contributed by atoms with Gasteiger partial charge in [0.1, 0.15) is 0 Å². The van der Waals surface area contributed by atoms with Crippen LogP contribution in [0.4, 0.5) is 0 Å². The lowest BCUT2D eigenvalue weighted by Crippen LogP contribution is -2.43. The standard InChI is InChI=1S/C13H20N2O2/c1-9-4-5-10(2)12(6-9)13(16)15-11(7-14)8-17-3/h4-6,11H,7-8,14H2,1-3H3,(H,15,16). The zero-order valence-corrected chi connectivity index (χ0v) is 10.6. The molecule has 4 heteroatoms. The molecule has 1 unspecified atom stereocenters. The van der Waals surface area contributed by atoms with E-state index < -0.39 is 0 Å². The molecule has 1 rings (SSSR count). The highest BCUT2D eigenvalue weighted by atomic mass is 16.5. The molecule has 0 saturated heterocycles. The van der Waals surface area contributed by atoms with Gasteiger partial charge in [-0.15, -0.1) is 0 Å². The quantitative estimate of drug-likeness (QED) is 0.802. The van der Waals surface area contributed by atoms with E-state index in [1.807, 2.05) is 32.0 Å². The minimum atomic E-state index is -0.146. The fourth-order valence-electron chi connectivity index (χ4n) is 1.61. The van der Waals surface area contributed by atoms with Crippen LogP contribution < -0.4 is 11.1 Å².